The van der Waals surface area contributed by atoms with Crippen molar-refractivity contribution < 1.29 is 4.79 Å². The van der Waals surface area contributed by atoms with Gasteiger partial charge in [0.25, 0.3) is 0 Å². The molecule has 2 aliphatic heterocycles. The summed E-state index contributed by atoms with van der Waals surface area (Å²) in [4.78, 5) is 20.1. The summed E-state index contributed by atoms with van der Waals surface area (Å²) in [6, 6.07) is 8.43. The summed E-state index contributed by atoms with van der Waals surface area (Å²) in [5, 5.41) is 5.45. The Labute approximate surface area is 140 Å². The first kappa shape index (κ1) is 14.8. The van der Waals surface area contributed by atoms with Gasteiger partial charge in [0, 0.05) is 54.8 Å². The number of aromatic nitrogens is 1. The highest BCUT2D eigenvalue weighted by Crippen LogP contribution is 2.43. The Balaban J connectivity index is 1.49. The van der Waals surface area contributed by atoms with E-state index in [0.717, 1.165) is 32.5 Å². The van der Waals surface area contributed by atoms with E-state index in [4.69, 9.17) is 0 Å². The molecule has 120 valence electrons. The summed E-state index contributed by atoms with van der Waals surface area (Å²) < 4.78 is 0. The van der Waals surface area contributed by atoms with Gasteiger partial charge >= 0.3 is 0 Å². The number of nitrogens with zero attached hydrogens (tertiary/aromatic N) is 2. The number of carbonyl (C=O) groups is 1. The average Bonchev–Trinajstić information content (AvgIpc) is 3.19. The molecule has 1 amide bonds. The molecule has 1 N–H and O–H groups in total. The van der Waals surface area contributed by atoms with Crippen LogP contribution in [0.25, 0.3) is 0 Å². The summed E-state index contributed by atoms with van der Waals surface area (Å²) in [5.74, 6) is 0.473. The predicted octanol–water partition coefficient (Wildman–Crippen LogP) is 2.78. The highest BCUT2D eigenvalue weighted by atomic mass is 32.1. The van der Waals surface area contributed by atoms with Crippen molar-refractivity contribution >= 4 is 17.2 Å². The molecule has 4 nitrogen and oxygen atoms in total. The number of hydrogen-bond donors (Lipinski definition) is 1. The molecule has 2 aromatic heterocycles. The lowest BCUT2D eigenvalue weighted by molar-refractivity contribution is -0.120. The summed E-state index contributed by atoms with van der Waals surface area (Å²) in [5.41, 5.74) is 1.18. The smallest absolute Gasteiger partial charge is 0.221 e. The summed E-state index contributed by atoms with van der Waals surface area (Å²) in [6.07, 6.45) is 6.32. The highest BCUT2D eigenvalue weighted by Gasteiger charge is 2.48. The Morgan fingerprint density at radius 1 is 1.26 bits per heavy atom. The van der Waals surface area contributed by atoms with Gasteiger partial charge in [-0.05, 0) is 42.0 Å². The van der Waals surface area contributed by atoms with E-state index >= 15 is 0 Å². The zero-order chi connectivity index (χ0) is 15.7. The molecule has 2 fully saturated rings. The monoisotopic (exact) mass is 327 g/mol. The third-order valence-corrected chi connectivity index (χ3v) is 6.12. The van der Waals surface area contributed by atoms with Crippen LogP contribution in [-0.2, 0) is 11.3 Å². The predicted molar refractivity (Wildman–Crippen MR) is 91.3 cm³/mol. The van der Waals surface area contributed by atoms with Crippen molar-refractivity contribution in [2.75, 3.05) is 13.1 Å². The lowest BCUT2D eigenvalue weighted by Gasteiger charge is -2.43. The molecule has 0 radical (unpaired) electrons. The van der Waals surface area contributed by atoms with Crippen LogP contribution in [-0.4, -0.2) is 34.4 Å². The van der Waals surface area contributed by atoms with Crippen molar-refractivity contribution in [1.29, 1.82) is 0 Å². The van der Waals surface area contributed by atoms with Gasteiger partial charge in [0.2, 0.25) is 5.91 Å². The van der Waals surface area contributed by atoms with Crippen LogP contribution in [0.2, 0.25) is 0 Å². The quantitative estimate of drug-likeness (QED) is 0.943. The van der Waals surface area contributed by atoms with E-state index in [1.807, 2.05) is 23.7 Å². The normalized spacial score (nSPS) is 24.0. The lowest BCUT2D eigenvalue weighted by Crippen LogP contribution is -2.53. The Morgan fingerprint density at radius 2 is 2.04 bits per heavy atom. The Morgan fingerprint density at radius 3 is 2.74 bits per heavy atom. The van der Waals surface area contributed by atoms with Gasteiger partial charge < -0.3 is 5.32 Å². The van der Waals surface area contributed by atoms with Crippen molar-refractivity contribution in [3.8, 4) is 0 Å². The molecule has 2 aliphatic rings. The molecule has 1 unspecified atom stereocenters. The topological polar surface area (TPSA) is 45.2 Å². The molecule has 4 heterocycles. The van der Waals surface area contributed by atoms with Crippen LogP contribution in [0.4, 0.5) is 0 Å². The maximum Gasteiger partial charge on any atom is 0.221 e. The van der Waals surface area contributed by atoms with Crippen LogP contribution in [0.3, 0.4) is 0 Å². The lowest BCUT2D eigenvalue weighted by atomic mass is 9.74. The van der Waals surface area contributed by atoms with Crippen LogP contribution < -0.4 is 5.32 Å². The number of rotatable bonds is 3. The van der Waals surface area contributed by atoms with E-state index in [0.29, 0.717) is 6.42 Å². The minimum absolute atomic E-state index is 0.0651. The van der Waals surface area contributed by atoms with E-state index in [1.54, 1.807) is 0 Å². The van der Waals surface area contributed by atoms with Crippen LogP contribution in [0.1, 0.15) is 35.6 Å². The molecule has 0 bridgehead atoms. The summed E-state index contributed by atoms with van der Waals surface area (Å²) in [7, 11) is 0. The number of amides is 1. The van der Waals surface area contributed by atoms with E-state index in [1.165, 1.54) is 10.4 Å². The van der Waals surface area contributed by atoms with Crippen molar-refractivity contribution in [3.63, 3.8) is 0 Å². The highest BCUT2D eigenvalue weighted by molar-refractivity contribution is 7.09. The van der Waals surface area contributed by atoms with Gasteiger partial charge in [0.05, 0.1) is 0 Å². The average molecular weight is 327 g/mol. The van der Waals surface area contributed by atoms with Crippen molar-refractivity contribution in [1.82, 2.24) is 15.2 Å². The molecule has 5 heteroatoms. The maximum absolute atomic E-state index is 12.1. The number of nitrogens with one attached hydrogen (secondary N) is 1. The molecule has 2 saturated heterocycles. The molecular formula is C18H21N3OS. The first-order valence-corrected chi connectivity index (χ1v) is 9.09. The van der Waals surface area contributed by atoms with Crippen LogP contribution in [0, 0.1) is 0 Å². The van der Waals surface area contributed by atoms with Crippen LogP contribution >= 0.6 is 11.3 Å². The Bertz CT molecular complexity index is 663. The Hall–Kier alpha value is -1.72. The summed E-state index contributed by atoms with van der Waals surface area (Å²) in [6.45, 7) is 3.11. The third kappa shape index (κ3) is 2.91. The van der Waals surface area contributed by atoms with E-state index in [-0.39, 0.29) is 17.4 Å². The van der Waals surface area contributed by atoms with Gasteiger partial charge in [-0.1, -0.05) is 6.07 Å². The number of pyridine rings is 1. The number of likely N-dealkylation sites (tertiary alicyclic amines) is 1. The fourth-order valence-corrected chi connectivity index (χ4v) is 4.78. The van der Waals surface area contributed by atoms with Crippen molar-refractivity contribution in [2.24, 2.45) is 0 Å². The minimum Gasteiger partial charge on any atom is -0.350 e. The molecular weight excluding hydrogens is 306 g/mol. The van der Waals surface area contributed by atoms with Gasteiger partial charge in [-0.15, -0.1) is 11.3 Å². The second-order valence-corrected chi connectivity index (χ2v) is 7.63. The van der Waals surface area contributed by atoms with Gasteiger partial charge in [-0.25, -0.2) is 0 Å². The number of piperidine rings is 1. The molecule has 2 aromatic rings. The first-order chi connectivity index (χ1) is 11.3. The molecule has 23 heavy (non-hydrogen) atoms. The largest absolute Gasteiger partial charge is 0.350 e. The van der Waals surface area contributed by atoms with E-state index in [9.17, 15) is 4.79 Å². The maximum atomic E-state index is 12.1. The van der Waals surface area contributed by atoms with Crippen LogP contribution in [0.5, 0.6) is 0 Å². The first-order valence-electron chi connectivity index (χ1n) is 8.21. The minimum atomic E-state index is -0.0651. The molecule has 0 saturated carbocycles. The van der Waals surface area contributed by atoms with Crippen molar-refractivity contribution in [3.05, 3.63) is 52.5 Å². The SMILES string of the molecule is O=C1CC(c2ccncc2)C2(CCN(Cc3cccs3)CC2)N1. The third-order valence-electron chi connectivity index (χ3n) is 5.26. The Kier molecular flexibility index (Phi) is 3.91. The molecule has 0 aromatic carbocycles. The van der Waals surface area contributed by atoms with E-state index < -0.39 is 0 Å². The van der Waals surface area contributed by atoms with Gasteiger partial charge in [0.15, 0.2) is 0 Å². The van der Waals surface area contributed by atoms with E-state index in [2.05, 4.69) is 44.8 Å². The zero-order valence-electron chi connectivity index (χ0n) is 13.1. The second kappa shape index (κ2) is 6.06. The molecule has 0 aliphatic carbocycles. The molecule has 1 spiro atoms. The van der Waals surface area contributed by atoms with Crippen LogP contribution in [0.15, 0.2) is 42.0 Å². The zero-order valence-corrected chi connectivity index (χ0v) is 13.9. The summed E-state index contributed by atoms with van der Waals surface area (Å²) >= 11 is 1.82. The standard InChI is InChI=1S/C18H21N3OS/c22-17-12-16(14-3-7-19-8-4-14)18(20-17)5-9-21(10-6-18)13-15-2-1-11-23-15/h1-4,7-8,11,16H,5-6,9-10,12-13H2,(H,20,22). The fourth-order valence-electron chi connectivity index (χ4n) is 4.04. The number of thiophene rings is 1. The van der Waals surface area contributed by atoms with Gasteiger partial charge in [0.1, 0.15) is 0 Å². The van der Waals surface area contributed by atoms with Gasteiger partial charge in [-0.2, -0.15) is 0 Å². The number of carbonyl (C=O) groups excluding carboxylic acids is 1. The molecule has 4 rings (SSSR count). The molecule has 1 atom stereocenters. The van der Waals surface area contributed by atoms with Crippen molar-refractivity contribution in [2.45, 2.75) is 37.3 Å². The fraction of sp³-hybridized carbons (Fsp3) is 0.444. The number of hydrogen-bond acceptors (Lipinski definition) is 4. The van der Waals surface area contributed by atoms with Gasteiger partial charge in [-0.3, -0.25) is 14.7 Å². The second-order valence-electron chi connectivity index (χ2n) is 6.60.